The zero-order valence-corrected chi connectivity index (χ0v) is 11.6. The van der Waals surface area contributed by atoms with E-state index in [1.54, 1.807) is 24.3 Å². The summed E-state index contributed by atoms with van der Waals surface area (Å²) in [5.41, 5.74) is 0.519. The first kappa shape index (κ1) is 14.3. The Bertz CT molecular complexity index is 762. The van der Waals surface area contributed by atoms with Crippen molar-refractivity contribution in [1.82, 2.24) is 5.32 Å². The van der Waals surface area contributed by atoms with E-state index in [0.717, 1.165) is 5.56 Å². The minimum absolute atomic E-state index is 0.0723. The minimum atomic E-state index is -1.52. The van der Waals surface area contributed by atoms with E-state index in [1.165, 1.54) is 6.92 Å². The van der Waals surface area contributed by atoms with Gasteiger partial charge in [0.1, 0.15) is 18.2 Å². The summed E-state index contributed by atoms with van der Waals surface area (Å²) in [4.78, 5) is 0. The van der Waals surface area contributed by atoms with Crippen LogP contribution in [0.25, 0.3) is 5.57 Å². The summed E-state index contributed by atoms with van der Waals surface area (Å²) in [5.74, 6) is 0. The highest BCUT2D eigenvalue weighted by atomic mass is 16.3. The minimum Gasteiger partial charge on any atom is -0.367 e. The number of rotatable bonds is 1. The Labute approximate surface area is 122 Å². The molecular formula is C16H12N4O. The van der Waals surface area contributed by atoms with Crippen LogP contribution in [0.15, 0.2) is 41.1 Å². The molecular weight excluding hydrogens is 264 g/mol. The number of allylic oxidation sites excluding steroid dienone is 2. The molecule has 5 nitrogen and oxygen atoms in total. The van der Waals surface area contributed by atoms with Crippen molar-refractivity contribution < 1.29 is 5.11 Å². The molecule has 1 unspecified atom stereocenters. The highest BCUT2D eigenvalue weighted by Crippen LogP contribution is 2.38. The van der Waals surface area contributed by atoms with Crippen molar-refractivity contribution in [2.45, 2.75) is 19.6 Å². The zero-order chi connectivity index (χ0) is 15.6. The van der Waals surface area contributed by atoms with Gasteiger partial charge in [0.2, 0.25) is 0 Å². The van der Waals surface area contributed by atoms with Crippen LogP contribution in [0.4, 0.5) is 0 Å². The Morgan fingerprint density at radius 1 is 1.14 bits per heavy atom. The largest absolute Gasteiger partial charge is 0.367 e. The standard InChI is InChI=1S/C16H12N4O/c1-10-3-5-11(6-4-10)14-13(9-19)15(12(7-17)8-18)20-16(14,2)21/h3-6,20-21H,1-2H3. The molecule has 0 aliphatic carbocycles. The van der Waals surface area contributed by atoms with Crippen molar-refractivity contribution >= 4 is 5.57 Å². The quantitative estimate of drug-likeness (QED) is 0.762. The van der Waals surface area contributed by atoms with Crippen LogP contribution in [0.2, 0.25) is 0 Å². The number of benzene rings is 1. The highest BCUT2D eigenvalue weighted by Gasteiger charge is 2.40. The predicted octanol–water partition coefficient (Wildman–Crippen LogP) is 1.89. The van der Waals surface area contributed by atoms with Gasteiger partial charge in [-0.1, -0.05) is 29.8 Å². The van der Waals surface area contributed by atoms with Gasteiger partial charge in [0.25, 0.3) is 0 Å². The van der Waals surface area contributed by atoms with E-state index < -0.39 is 5.72 Å². The second-order valence-electron chi connectivity index (χ2n) is 4.90. The fourth-order valence-corrected chi connectivity index (χ4v) is 2.32. The van der Waals surface area contributed by atoms with E-state index in [0.29, 0.717) is 11.1 Å². The van der Waals surface area contributed by atoms with Crippen LogP contribution in [0.5, 0.6) is 0 Å². The Morgan fingerprint density at radius 3 is 2.19 bits per heavy atom. The molecule has 1 aromatic carbocycles. The Hall–Kier alpha value is -3.07. The maximum atomic E-state index is 10.5. The van der Waals surface area contributed by atoms with Gasteiger partial charge in [0, 0.05) is 5.57 Å². The van der Waals surface area contributed by atoms with E-state index in [-0.39, 0.29) is 16.8 Å². The predicted molar refractivity (Wildman–Crippen MR) is 75.7 cm³/mol. The SMILES string of the molecule is Cc1ccc(C2=C(C#N)C(=C(C#N)C#N)NC2(C)O)cc1. The van der Waals surface area contributed by atoms with E-state index in [9.17, 15) is 10.4 Å². The Morgan fingerprint density at radius 2 is 1.71 bits per heavy atom. The van der Waals surface area contributed by atoms with Gasteiger partial charge < -0.3 is 10.4 Å². The van der Waals surface area contributed by atoms with E-state index in [2.05, 4.69) is 5.32 Å². The molecule has 5 heteroatoms. The number of aryl methyl sites for hydroxylation is 1. The summed E-state index contributed by atoms with van der Waals surface area (Å²) in [6, 6.07) is 12.8. The summed E-state index contributed by atoms with van der Waals surface area (Å²) in [6.07, 6.45) is 0. The van der Waals surface area contributed by atoms with Gasteiger partial charge in [-0.15, -0.1) is 0 Å². The Balaban J connectivity index is 2.76. The van der Waals surface area contributed by atoms with Gasteiger partial charge >= 0.3 is 0 Å². The van der Waals surface area contributed by atoms with Crippen molar-refractivity contribution in [3.63, 3.8) is 0 Å². The molecule has 0 saturated heterocycles. The van der Waals surface area contributed by atoms with Crippen molar-refractivity contribution in [2.75, 3.05) is 0 Å². The average molecular weight is 276 g/mol. The number of nitrogens with one attached hydrogen (secondary N) is 1. The lowest BCUT2D eigenvalue weighted by Crippen LogP contribution is -2.37. The lowest BCUT2D eigenvalue weighted by molar-refractivity contribution is 0.103. The third kappa shape index (κ3) is 2.37. The lowest BCUT2D eigenvalue weighted by atomic mass is 9.94. The van der Waals surface area contributed by atoms with Gasteiger partial charge in [-0.05, 0) is 19.4 Å². The fourth-order valence-electron chi connectivity index (χ4n) is 2.32. The average Bonchev–Trinajstić information content (AvgIpc) is 2.72. The van der Waals surface area contributed by atoms with Crippen LogP contribution in [0.1, 0.15) is 18.1 Å². The maximum absolute atomic E-state index is 10.5. The second-order valence-corrected chi connectivity index (χ2v) is 4.90. The molecule has 21 heavy (non-hydrogen) atoms. The first-order valence-electron chi connectivity index (χ1n) is 6.22. The van der Waals surface area contributed by atoms with Gasteiger partial charge in [-0.25, -0.2) is 0 Å². The number of aliphatic hydroxyl groups is 1. The van der Waals surface area contributed by atoms with Crippen molar-refractivity contribution in [2.24, 2.45) is 0 Å². The van der Waals surface area contributed by atoms with Crippen molar-refractivity contribution in [1.29, 1.82) is 15.8 Å². The topological polar surface area (TPSA) is 104 Å². The Kier molecular flexibility index (Phi) is 3.51. The van der Waals surface area contributed by atoms with Gasteiger partial charge in [0.15, 0.2) is 11.3 Å². The normalized spacial score (nSPS) is 20.3. The third-order valence-electron chi connectivity index (χ3n) is 3.28. The van der Waals surface area contributed by atoms with Gasteiger partial charge in [-0.2, -0.15) is 15.8 Å². The van der Waals surface area contributed by atoms with Crippen LogP contribution in [0, 0.1) is 40.9 Å². The van der Waals surface area contributed by atoms with Crippen molar-refractivity contribution in [3.8, 4) is 18.2 Å². The first-order valence-corrected chi connectivity index (χ1v) is 6.22. The van der Waals surface area contributed by atoms with Crippen LogP contribution < -0.4 is 5.32 Å². The molecule has 0 radical (unpaired) electrons. The lowest BCUT2D eigenvalue weighted by Gasteiger charge is -2.22. The highest BCUT2D eigenvalue weighted by molar-refractivity contribution is 5.85. The fraction of sp³-hybridized carbons (Fsp3) is 0.188. The summed E-state index contributed by atoms with van der Waals surface area (Å²) in [6.45, 7) is 3.42. The van der Waals surface area contributed by atoms with Crippen LogP contribution >= 0.6 is 0 Å². The number of hydrogen-bond donors (Lipinski definition) is 2. The molecule has 0 bridgehead atoms. The zero-order valence-electron chi connectivity index (χ0n) is 11.6. The summed E-state index contributed by atoms with van der Waals surface area (Å²) >= 11 is 0. The molecule has 1 heterocycles. The summed E-state index contributed by atoms with van der Waals surface area (Å²) < 4.78 is 0. The molecule has 1 atom stereocenters. The monoisotopic (exact) mass is 276 g/mol. The smallest absolute Gasteiger partial charge is 0.161 e. The van der Waals surface area contributed by atoms with Crippen LogP contribution in [0.3, 0.4) is 0 Å². The van der Waals surface area contributed by atoms with E-state index >= 15 is 0 Å². The molecule has 0 amide bonds. The molecule has 1 aliphatic rings. The summed E-state index contributed by atoms with van der Waals surface area (Å²) in [5, 5.41) is 40.5. The van der Waals surface area contributed by atoms with E-state index in [1.807, 2.05) is 25.1 Å². The molecule has 0 aromatic heterocycles. The van der Waals surface area contributed by atoms with Crippen molar-refractivity contribution in [3.05, 3.63) is 52.2 Å². The number of hydrogen-bond acceptors (Lipinski definition) is 5. The van der Waals surface area contributed by atoms with Gasteiger partial charge in [0.05, 0.1) is 11.3 Å². The van der Waals surface area contributed by atoms with Gasteiger partial charge in [-0.3, -0.25) is 0 Å². The maximum Gasteiger partial charge on any atom is 0.161 e. The molecule has 2 rings (SSSR count). The van der Waals surface area contributed by atoms with Crippen LogP contribution in [-0.4, -0.2) is 10.8 Å². The third-order valence-corrected chi connectivity index (χ3v) is 3.28. The molecule has 1 aromatic rings. The van der Waals surface area contributed by atoms with E-state index in [4.69, 9.17) is 10.5 Å². The molecule has 1 aliphatic heterocycles. The summed E-state index contributed by atoms with van der Waals surface area (Å²) in [7, 11) is 0. The van der Waals surface area contributed by atoms with Crippen LogP contribution in [-0.2, 0) is 0 Å². The molecule has 102 valence electrons. The molecule has 2 N–H and O–H groups in total. The molecule has 0 spiro atoms. The number of nitrogens with zero attached hydrogens (tertiary/aromatic N) is 3. The molecule has 0 saturated carbocycles. The number of nitriles is 3. The first-order chi connectivity index (χ1) is 9.94. The second kappa shape index (κ2) is 5.13. The molecule has 0 fully saturated rings.